The summed E-state index contributed by atoms with van der Waals surface area (Å²) in [6.45, 7) is 0.917. The number of amides is 2. The van der Waals surface area contributed by atoms with Crippen LogP contribution in [-0.4, -0.2) is 55.1 Å². The Hall–Kier alpha value is -4.37. The first-order valence-corrected chi connectivity index (χ1v) is 15.9. The third-order valence-corrected chi connectivity index (χ3v) is 9.13. The minimum Gasteiger partial charge on any atom is -0.461 e. The first-order valence-electron chi connectivity index (χ1n) is 15.9. The number of ether oxygens (including phenoxy) is 1. The van der Waals surface area contributed by atoms with Gasteiger partial charge in [0.15, 0.2) is 0 Å². The molecule has 2 N–H and O–H groups in total. The molecule has 240 valence electrons. The highest BCUT2D eigenvalue weighted by atomic mass is 19.4. The Morgan fingerprint density at radius 3 is 2.33 bits per heavy atom. The molecule has 1 atom stereocenters. The maximum atomic E-state index is 13.7. The van der Waals surface area contributed by atoms with Gasteiger partial charge in [0.1, 0.15) is 23.5 Å². The van der Waals surface area contributed by atoms with E-state index in [-0.39, 0.29) is 11.9 Å². The second-order valence-electron chi connectivity index (χ2n) is 12.2. The lowest BCUT2D eigenvalue weighted by Crippen LogP contribution is -2.47. The zero-order chi connectivity index (χ0) is 32.1. The second-order valence-corrected chi connectivity index (χ2v) is 12.2. The quantitative estimate of drug-likeness (QED) is 0.226. The van der Waals surface area contributed by atoms with Gasteiger partial charge in [0, 0.05) is 25.6 Å². The fraction of sp³-hybridized carbons (Fsp3) is 0.351. The lowest BCUT2D eigenvalue weighted by atomic mass is 9.73. The summed E-state index contributed by atoms with van der Waals surface area (Å²) in [6.07, 6.45) is 5.78. The Morgan fingerprint density at radius 2 is 1.63 bits per heavy atom. The van der Waals surface area contributed by atoms with Crippen LogP contribution in [0.4, 0.5) is 13.2 Å². The third kappa shape index (κ3) is 6.75. The zero-order valence-electron chi connectivity index (χ0n) is 25.6. The highest BCUT2D eigenvalue weighted by Crippen LogP contribution is 2.51. The summed E-state index contributed by atoms with van der Waals surface area (Å²) in [7, 11) is 0. The molecule has 0 saturated carbocycles. The molecular formula is C37H38F3N3O3. The van der Waals surface area contributed by atoms with Gasteiger partial charge < -0.3 is 20.3 Å². The fourth-order valence-corrected chi connectivity index (χ4v) is 6.98. The fourth-order valence-electron chi connectivity index (χ4n) is 6.98. The van der Waals surface area contributed by atoms with Gasteiger partial charge in [-0.15, -0.1) is 0 Å². The SMILES string of the molecule is O=C(NC1CCN(CCCCC2(C(=O)NCC(F)(F)F)c3ccccc3-c3ccccc32)C1)c1ccccc1OC1=CC=CCC1. The molecule has 6 rings (SSSR count). The topological polar surface area (TPSA) is 70.7 Å². The minimum absolute atomic E-state index is 0.00883. The molecule has 1 saturated heterocycles. The van der Waals surface area contributed by atoms with Crippen molar-refractivity contribution in [2.75, 3.05) is 26.2 Å². The van der Waals surface area contributed by atoms with Crippen LogP contribution in [0.25, 0.3) is 11.1 Å². The molecule has 0 radical (unpaired) electrons. The van der Waals surface area contributed by atoms with Crippen molar-refractivity contribution in [3.05, 3.63) is 113 Å². The summed E-state index contributed by atoms with van der Waals surface area (Å²) in [5, 5.41) is 5.37. The van der Waals surface area contributed by atoms with E-state index in [1.54, 1.807) is 6.07 Å². The van der Waals surface area contributed by atoms with Gasteiger partial charge in [0.05, 0.1) is 5.56 Å². The van der Waals surface area contributed by atoms with Crippen LogP contribution >= 0.6 is 0 Å². The van der Waals surface area contributed by atoms with E-state index in [2.05, 4.69) is 21.6 Å². The van der Waals surface area contributed by atoms with Crippen molar-refractivity contribution in [1.82, 2.24) is 15.5 Å². The number of carbonyl (C=O) groups is 2. The molecule has 6 nitrogen and oxygen atoms in total. The summed E-state index contributed by atoms with van der Waals surface area (Å²) < 4.78 is 45.5. The van der Waals surface area contributed by atoms with Crippen LogP contribution in [0.1, 0.15) is 60.0 Å². The molecule has 1 heterocycles. The smallest absolute Gasteiger partial charge is 0.405 e. The van der Waals surface area contributed by atoms with Crippen LogP contribution in [0.3, 0.4) is 0 Å². The summed E-state index contributed by atoms with van der Waals surface area (Å²) >= 11 is 0. The number of fused-ring (bicyclic) bond motifs is 3. The molecule has 9 heteroatoms. The van der Waals surface area contributed by atoms with Gasteiger partial charge in [-0.05, 0) is 72.7 Å². The Bertz CT molecular complexity index is 1600. The van der Waals surface area contributed by atoms with Crippen molar-refractivity contribution < 1.29 is 27.5 Å². The van der Waals surface area contributed by atoms with Crippen molar-refractivity contribution >= 4 is 11.8 Å². The molecule has 1 aliphatic heterocycles. The number of halogens is 3. The Kier molecular flexibility index (Phi) is 9.31. The Labute approximate surface area is 267 Å². The highest BCUT2D eigenvalue weighted by molar-refractivity contribution is 6.00. The number of alkyl halides is 3. The van der Waals surface area contributed by atoms with E-state index in [0.717, 1.165) is 66.8 Å². The van der Waals surface area contributed by atoms with Crippen LogP contribution in [-0.2, 0) is 10.2 Å². The van der Waals surface area contributed by atoms with Crippen LogP contribution in [0.15, 0.2) is 96.8 Å². The van der Waals surface area contributed by atoms with Gasteiger partial charge in [-0.1, -0.05) is 79.2 Å². The summed E-state index contributed by atoms with van der Waals surface area (Å²) in [5.41, 5.74) is 2.58. The van der Waals surface area contributed by atoms with Crippen molar-refractivity contribution in [1.29, 1.82) is 0 Å². The van der Waals surface area contributed by atoms with E-state index in [1.807, 2.05) is 78.9 Å². The predicted octanol–water partition coefficient (Wildman–Crippen LogP) is 6.92. The summed E-state index contributed by atoms with van der Waals surface area (Å²) in [4.78, 5) is 29.2. The molecule has 3 aromatic carbocycles. The predicted molar refractivity (Wildman–Crippen MR) is 171 cm³/mol. The van der Waals surface area contributed by atoms with Crippen LogP contribution in [0.5, 0.6) is 5.75 Å². The number of rotatable bonds is 11. The van der Waals surface area contributed by atoms with Crippen LogP contribution < -0.4 is 15.4 Å². The van der Waals surface area contributed by atoms with E-state index in [1.165, 1.54) is 0 Å². The van der Waals surface area contributed by atoms with Crippen LogP contribution in [0.2, 0.25) is 0 Å². The molecule has 0 aromatic heterocycles. The van der Waals surface area contributed by atoms with Gasteiger partial charge in [0.25, 0.3) is 5.91 Å². The number of nitrogens with zero attached hydrogens (tertiary/aromatic N) is 1. The van der Waals surface area contributed by atoms with Gasteiger partial charge in [-0.3, -0.25) is 9.59 Å². The first-order chi connectivity index (χ1) is 22.2. The lowest BCUT2D eigenvalue weighted by molar-refractivity contribution is -0.141. The van der Waals surface area contributed by atoms with Crippen LogP contribution in [0, 0.1) is 0 Å². The highest BCUT2D eigenvalue weighted by Gasteiger charge is 2.49. The summed E-state index contributed by atoms with van der Waals surface area (Å²) in [6, 6.07) is 22.3. The van der Waals surface area contributed by atoms with E-state index in [0.29, 0.717) is 30.7 Å². The Morgan fingerprint density at radius 1 is 0.935 bits per heavy atom. The third-order valence-electron chi connectivity index (χ3n) is 9.13. The molecule has 0 bridgehead atoms. The normalized spacial score (nSPS) is 18.4. The van der Waals surface area contributed by atoms with Crippen molar-refractivity contribution in [2.45, 2.75) is 56.2 Å². The number of unbranched alkanes of at least 4 members (excludes halogenated alkanes) is 1. The number of allylic oxidation sites excluding steroid dienone is 4. The largest absolute Gasteiger partial charge is 0.461 e. The number of para-hydroxylation sites is 1. The van der Waals surface area contributed by atoms with Crippen molar-refractivity contribution in [3.8, 4) is 16.9 Å². The van der Waals surface area contributed by atoms with Gasteiger partial charge in [-0.25, -0.2) is 0 Å². The maximum Gasteiger partial charge on any atom is 0.405 e. The monoisotopic (exact) mass is 629 g/mol. The maximum absolute atomic E-state index is 13.7. The molecule has 3 aliphatic rings. The standard InChI is InChI=1S/C37H38F3N3O3/c38-37(39,40)25-41-35(45)36(31-17-7-4-14-28(31)29-15-5-8-18-32(29)36)21-10-11-22-43-23-20-26(24-43)42-34(44)30-16-6-9-19-33(30)46-27-12-2-1-3-13-27/h1-2,4-9,12,14-19,26H,3,10-11,13,20-25H2,(H,41,45)(H,42,44). The van der Waals surface area contributed by atoms with Gasteiger partial charge >= 0.3 is 6.18 Å². The average Bonchev–Trinajstić information content (AvgIpc) is 3.63. The second kappa shape index (κ2) is 13.5. The lowest BCUT2D eigenvalue weighted by Gasteiger charge is -2.31. The van der Waals surface area contributed by atoms with Crippen molar-refractivity contribution in [3.63, 3.8) is 0 Å². The molecule has 1 fully saturated rings. The molecule has 2 amide bonds. The molecule has 1 unspecified atom stereocenters. The number of hydrogen-bond acceptors (Lipinski definition) is 4. The van der Waals surface area contributed by atoms with Gasteiger partial charge in [-0.2, -0.15) is 13.2 Å². The molecule has 0 spiro atoms. The number of hydrogen-bond donors (Lipinski definition) is 2. The van der Waals surface area contributed by atoms with E-state index >= 15 is 0 Å². The minimum atomic E-state index is -4.50. The zero-order valence-corrected chi connectivity index (χ0v) is 25.6. The van der Waals surface area contributed by atoms with E-state index < -0.39 is 24.0 Å². The number of likely N-dealkylation sites (tertiary alicyclic amines) is 1. The number of nitrogens with one attached hydrogen (secondary N) is 2. The average molecular weight is 630 g/mol. The van der Waals surface area contributed by atoms with E-state index in [9.17, 15) is 22.8 Å². The number of carbonyl (C=O) groups excluding carboxylic acids is 2. The van der Waals surface area contributed by atoms with E-state index in [4.69, 9.17) is 4.74 Å². The molecule has 3 aromatic rings. The molecular weight excluding hydrogens is 591 g/mol. The van der Waals surface area contributed by atoms with Crippen molar-refractivity contribution in [2.24, 2.45) is 0 Å². The first kappa shape index (κ1) is 31.6. The Balaban J connectivity index is 1.07. The number of benzene rings is 3. The van der Waals surface area contributed by atoms with Gasteiger partial charge in [0.2, 0.25) is 5.91 Å². The summed E-state index contributed by atoms with van der Waals surface area (Å²) in [5.74, 6) is 0.588. The molecule has 2 aliphatic carbocycles. The molecule has 46 heavy (non-hydrogen) atoms.